The molecular weight excluding hydrogens is 349 g/mol. The van der Waals surface area contributed by atoms with Crippen molar-refractivity contribution in [3.05, 3.63) is 17.6 Å². The number of fused-ring (bicyclic) bond motifs is 1. The first-order chi connectivity index (χ1) is 10.7. The van der Waals surface area contributed by atoms with Crippen molar-refractivity contribution < 1.29 is 4.74 Å². The summed E-state index contributed by atoms with van der Waals surface area (Å²) in [5, 5.41) is 7.05. The van der Waals surface area contributed by atoms with E-state index in [0.29, 0.717) is 0 Å². The van der Waals surface area contributed by atoms with Crippen LogP contribution in [0.15, 0.2) is 6.33 Å². The average molecular weight is 378 g/mol. The van der Waals surface area contributed by atoms with Gasteiger partial charge in [0.15, 0.2) is 0 Å². The number of nitrogens with zero attached hydrogens (tertiary/aromatic N) is 3. The van der Waals surface area contributed by atoms with Gasteiger partial charge in [0, 0.05) is 43.8 Å². The highest BCUT2D eigenvalue weighted by atomic mass is 35.5. The third-order valence-electron chi connectivity index (χ3n) is 5.08. The van der Waals surface area contributed by atoms with Gasteiger partial charge in [-0.1, -0.05) is 0 Å². The van der Waals surface area contributed by atoms with Crippen LogP contribution in [0.5, 0.6) is 0 Å². The van der Waals surface area contributed by atoms with E-state index in [2.05, 4.69) is 39.6 Å². The normalized spacial score (nSPS) is 19.5. The van der Waals surface area contributed by atoms with E-state index < -0.39 is 0 Å². The second kappa shape index (κ2) is 9.73. The zero-order valence-electron chi connectivity index (χ0n) is 14.5. The molecular formula is C16H29Cl2N5O. The molecule has 0 amide bonds. The summed E-state index contributed by atoms with van der Waals surface area (Å²) in [4.78, 5) is 11.3. The summed E-state index contributed by atoms with van der Waals surface area (Å²) >= 11 is 0. The van der Waals surface area contributed by atoms with Crippen LogP contribution in [-0.2, 0) is 17.6 Å². The number of anilines is 1. The van der Waals surface area contributed by atoms with Crippen molar-refractivity contribution in [3.63, 3.8) is 0 Å². The number of nitrogens with one attached hydrogen (secondary N) is 2. The van der Waals surface area contributed by atoms with Gasteiger partial charge in [-0.05, 0) is 39.9 Å². The van der Waals surface area contributed by atoms with E-state index in [-0.39, 0.29) is 30.4 Å². The van der Waals surface area contributed by atoms with Gasteiger partial charge in [0.1, 0.15) is 12.1 Å². The zero-order valence-corrected chi connectivity index (χ0v) is 16.1. The van der Waals surface area contributed by atoms with E-state index >= 15 is 0 Å². The predicted molar refractivity (Wildman–Crippen MR) is 102 cm³/mol. The van der Waals surface area contributed by atoms with Gasteiger partial charge in [-0.3, -0.25) is 0 Å². The lowest BCUT2D eigenvalue weighted by molar-refractivity contribution is -0.000673. The van der Waals surface area contributed by atoms with Crippen molar-refractivity contribution in [1.82, 2.24) is 20.2 Å². The molecule has 0 aliphatic carbocycles. The van der Waals surface area contributed by atoms with E-state index in [1.807, 2.05) is 0 Å². The lowest BCUT2D eigenvalue weighted by Crippen LogP contribution is -2.53. The maximum atomic E-state index is 5.55. The van der Waals surface area contributed by atoms with Crippen LogP contribution >= 0.6 is 24.8 Å². The van der Waals surface area contributed by atoms with E-state index in [4.69, 9.17) is 4.74 Å². The fourth-order valence-electron chi connectivity index (χ4n) is 3.41. The smallest absolute Gasteiger partial charge is 0.132 e. The first-order valence-electron chi connectivity index (χ1n) is 8.24. The summed E-state index contributed by atoms with van der Waals surface area (Å²) in [6.45, 7) is 4.59. The number of hydrogen-bond acceptors (Lipinski definition) is 6. The molecule has 1 fully saturated rings. The number of rotatable bonds is 4. The molecule has 0 saturated carbocycles. The fourth-order valence-corrected chi connectivity index (χ4v) is 3.41. The second-order valence-electron chi connectivity index (χ2n) is 6.48. The van der Waals surface area contributed by atoms with Crippen LogP contribution in [0.4, 0.5) is 5.82 Å². The SMILES string of the molecule is CN(C)C1(CNc2ncnc3c2CCNCC3)CCOCC1.Cl.Cl. The van der Waals surface area contributed by atoms with Crippen LogP contribution in [-0.4, -0.2) is 67.4 Å². The zero-order chi connectivity index (χ0) is 15.4. The Bertz CT molecular complexity index is 509. The number of halogens is 2. The highest BCUT2D eigenvalue weighted by Crippen LogP contribution is 2.27. The summed E-state index contributed by atoms with van der Waals surface area (Å²) in [6.07, 6.45) is 5.79. The van der Waals surface area contributed by atoms with Gasteiger partial charge in [-0.25, -0.2) is 9.97 Å². The quantitative estimate of drug-likeness (QED) is 0.829. The first-order valence-corrected chi connectivity index (χ1v) is 8.24. The molecule has 0 atom stereocenters. The summed E-state index contributed by atoms with van der Waals surface area (Å²) < 4.78 is 5.55. The van der Waals surface area contributed by atoms with Crippen molar-refractivity contribution in [2.45, 2.75) is 31.2 Å². The molecule has 8 heteroatoms. The highest BCUT2D eigenvalue weighted by Gasteiger charge is 2.34. The van der Waals surface area contributed by atoms with Crippen molar-refractivity contribution in [2.75, 3.05) is 52.3 Å². The van der Waals surface area contributed by atoms with Gasteiger partial charge in [0.2, 0.25) is 0 Å². The first kappa shape index (κ1) is 21.4. The van der Waals surface area contributed by atoms with Crippen LogP contribution in [0.3, 0.4) is 0 Å². The Kier molecular flexibility index (Phi) is 8.67. The standard InChI is InChI=1S/C16H27N5O.2ClH/c1-21(2)16(5-9-22-10-6-16)11-18-15-13-3-7-17-8-4-14(13)19-12-20-15;;/h12,17H,3-11H2,1-2H3,(H,18,19,20);2*1H. The molecule has 1 saturated heterocycles. The summed E-state index contributed by atoms with van der Waals surface area (Å²) in [5.41, 5.74) is 2.63. The third-order valence-corrected chi connectivity index (χ3v) is 5.08. The van der Waals surface area contributed by atoms with Gasteiger partial charge in [0.05, 0.1) is 5.69 Å². The van der Waals surface area contributed by atoms with Crippen molar-refractivity contribution in [2.24, 2.45) is 0 Å². The van der Waals surface area contributed by atoms with E-state index in [9.17, 15) is 0 Å². The molecule has 0 radical (unpaired) electrons. The average Bonchev–Trinajstić information content (AvgIpc) is 2.79. The number of hydrogen-bond donors (Lipinski definition) is 2. The molecule has 24 heavy (non-hydrogen) atoms. The lowest BCUT2D eigenvalue weighted by atomic mass is 9.88. The fraction of sp³-hybridized carbons (Fsp3) is 0.750. The minimum atomic E-state index is 0. The Morgan fingerprint density at radius 1 is 1.17 bits per heavy atom. The van der Waals surface area contributed by atoms with Crippen molar-refractivity contribution >= 4 is 30.6 Å². The molecule has 1 aromatic rings. The van der Waals surface area contributed by atoms with Crippen LogP contribution < -0.4 is 10.6 Å². The Balaban J connectivity index is 0.00000144. The van der Waals surface area contributed by atoms with Gasteiger partial charge in [-0.2, -0.15) is 0 Å². The molecule has 0 aromatic carbocycles. The number of likely N-dealkylation sites (N-methyl/N-ethyl adjacent to an activating group) is 1. The molecule has 2 aliphatic rings. The topological polar surface area (TPSA) is 62.3 Å². The van der Waals surface area contributed by atoms with Crippen LogP contribution in [0, 0.1) is 0 Å². The summed E-state index contributed by atoms with van der Waals surface area (Å²) in [7, 11) is 4.33. The molecule has 2 aliphatic heterocycles. The van der Waals surface area contributed by atoms with Crippen LogP contribution in [0.1, 0.15) is 24.1 Å². The molecule has 0 unspecified atom stereocenters. The van der Waals surface area contributed by atoms with Crippen LogP contribution in [0.2, 0.25) is 0 Å². The summed E-state index contributed by atoms with van der Waals surface area (Å²) in [6, 6.07) is 0. The van der Waals surface area contributed by atoms with E-state index in [1.165, 1.54) is 11.3 Å². The van der Waals surface area contributed by atoms with Gasteiger partial charge >= 0.3 is 0 Å². The molecule has 1 aromatic heterocycles. The van der Waals surface area contributed by atoms with Crippen molar-refractivity contribution in [3.8, 4) is 0 Å². The third kappa shape index (κ3) is 4.70. The molecule has 2 N–H and O–H groups in total. The van der Waals surface area contributed by atoms with Gasteiger partial charge in [0.25, 0.3) is 0 Å². The molecule has 0 spiro atoms. The largest absolute Gasteiger partial charge is 0.381 e. The Morgan fingerprint density at radius 3 is 2.58 bits per heavy atom. The molecule has 138 valence electrons. The van der Waals surface area contributed by atoms with Crippen LogP contribution in [0.25, 0.3) is 0 Å². The second-order valence-corrected chi connectivity index (χ2v) is 6.48. The van der Waals surface area contributed by atoms with Crippen molar-refractivity contribution in [1.29, 1.82) is 0 Å². The van der Waals surface area contributed by atoms with E-state index in [1.54, 1.807) is 6.33 Å². The van der Waals surface area contributed by atoms with Gasteiger partial charge < -0.3 is 20.3 Å². The Hall–Kier alpha value is -0.660. The maximum absolute atomic E-state index is 5.55. The Morgan fingerprint density at radius 2 is 1.88 bits per heavy atom. The minimum Gasteiger partial charge on any atom is -0.381 e. The lowest BCUT2D eigenvalue weighted by Gasteiger charge is -2.43. The Labute approximate surface area is 157 Å². The molecule has 0 bridgehead atoms. The molecule has 3 heterocycles. The number of aromatic nitrogens is 2. The highest BCUT2D eigenvalue weighted by molar-refractivity contribution is 5.85. The molecule has 3 rings (SSSR count). The van der Waals surface area contributed by atoms with E-state index in [0.717, 1.165) is 64.3 Å². The molecule has 6 nitrogen and oxygen atoms in total. The number of ether oxygens (including phenoxy) is 1. The predicted octanol–water partition coefficient (Wildman–Crippen LogP) is 1.53. The minimum absolute atomic E-state index is 0. The monoisotopic (exact) mass is 377 g/mol. The summed E-state index contributed by atoms with van der Waals surface area (Å²) in [5.74, 6) is 1.02. The maximum Gasteiger partial charge on any atom is 0.132 e. The van der Waals surface area contributed by atoms with Gasteiger partial charge in [-0.15, -0.1) is 24.8 Å².